The summed E-state index contributed by atoms with van der Waals surface area (Å²) in [6, 6.07) is 11.9. The van der Waals surface area contributed by atoms with E-state index >= 15 is 0 Å². The summed E-state index contributed by atoms with van der Waals surface area (Å²) >= 11 is 6.39. The molecule has 34 heavy (non-hydrogen) atoms. The van der Waals surface area contributed by atoms with Gasteiger partial charge in [0, 0.05) is 25.1 Å². The smallest absolute Gasteiger partial charge is 0.253 e. The average Bonchev–Trinajstić information content (AvgIpc) is 3.14. The Hall–Kier alpha value is -2.09. The molecule has 0 aromatic heterocycles. The van der Waals surface area contributed by atoms with Crippen LogP contribution in [-0.2, 0) is 10.0 Å². The van der Waals surface area contributed by atoms with Crippen molar-refractivity contribution in [3.8, 4) is 5.75 Å². The van der Waals surface area contributed by atoms with Gasteiger partial charge in [-0.25, -0.2) is 8.42 Å². The van der Waals surface area contributed by atoms with Gasteiger partial charge in [-0.3, -0.25) is 4.79 Å². The molecule has 0 aliphatic carbocycles. The number of rotatable bonds is 6. The predicted molar refractivity (Wildman–Crippen MR) is 134 cm³/mol. The van der Waals surface area contributed by atoms with Gasteiger partial charge in [0.05, 0.1) is 21.5 Å². The number of ether oxygens (including phenoxy) is 1. The van der Waals surface area contributed by atoms with Crippen LogP contribution in [0.2, 0.25) is 5.02 Å². The summed E-state index contributed by atoms with van der Waals surface area (Å²) in [7, 11) is -3.69. The minimum atomic E-state index is -3.69. The Bertz CT molecular complexity index is 1140. The summed E-state index contributed by atoms with van der Waals surface area (Å²) in [5, 5.41) is 3.34. The van der Waals surface area contributed by atoms with Crippen molar-refractivity contribution in [2.75, 3.05) is 13.1 Å². The first kappa shape index (κ1) is 25.0. The molecule has 2 heterocycles. The minimum Gasteiger partial charge on any atom is -0.487 e. The third kappa shape index (κ3) is 4.97. The van der Waals surface area contributed by atoms with Crippen molar-refractivity contribution >= 4 is 27.5 Å². The van der Waals surface area contributed by atoms with Gasteiger partial charge in [0.2, 0.25) is 10.0 Å². The highest BCUT2D eigenvalue weighted by molar-refractivity contribution is 7.89. The highest BCUT2D eigenvalue weighted by Crippen LogP contribution is 2.42. The number of hydrogen-bond donors (Lipinski definition) is 1. The molecule has 8 heteroatoms. The highest BCUT2D eigenvalue weighted by atomic mass is 35.5. The van der Waals surface area contributed by atoms with Crippen molar-refractivity contribution in [3.05, 3.63) is 58.6 Å². The predicted octanol–water partition coefficient (Wildman–Crippen LogP) is 5.72. The van der Waals surface area contributed by atoms with Crippen molar-refractivity contribution in [2.24, 2.45) is 0 Å². The molecule has 184 valence electrons. The number of para-hydroxylation sites is 1. The lowest BCUT2D eigenvalue weighted by Crippen LogP contribution is -2.44. The lowest BCUT2D eigenvalue weighted by atomic mass is 9.83. The van der Waals surface area contributed by atoms with Crippen molar-refractivity contribution in [1.29, 1.82) is 0 Å². The zero-order valence-corrected chi connectivity index (χ0v) is 21.4. The number of sulfonamides is 1. The van der Waals surface area contributed by atoms with Gasteiger partial charge in [0.25, 0.3) is 5.91 Å². The number of nitrogens with one attached hydrogen (secondary N) is 1. The van der Waals surface area contributed by atoms with Crippen LogP contribution in [0, 0.1) is 0 Å². The molecule has 1 saturated heterocycles. The molecule has 1 amide bonds. The standard InChI is InChI=1S/C26H33ClN2O4S/c1-3-26(4-2)18-23(20-11-7-8-12-24(20)33-26)28-25(30)21-17-19(13-14-22(21)27)34(31,32)29-15-9-5-6-10-16-29/h7-8,11-14,17,23H,3-6,9-10,15-16,18H2,1-2H3,(H,28,30). The van der Waals surface area contributed by atoms with Crippen LogP contribution < -0.4 is 10.1 Å². The van der Waals surface area contributed by atoms with Crippen molar-refractivity contribution in [1.82, 2.24) is 9.62 Å². The van der Waals surface area contributed by atoms with Gasteiger partial charge >= 0.3 is 0 Å². The maximum absolute atomic E-state index is 13.4. The van der Waals surface area contributed by atoms with Crippen molar-refractivity contribution in [2.45, 2.75) is 75.3 Å². The SMILES string of the molecule is CCC1(CC)CC(NC(=O)c2cc(S(=O)(=O)N3CCCCCC3)ccc2Cl)c2ccccc2O1. The molecule has 0 radical (unpaired) electrons. The molecular formula is C26H33ClN2O4S. The second-order valence-electron chi connectivity index (χ2n) is 9.22. The van der Waals surface area contributed by atoms with Gasteiger partial charge < -0.3 is 10.1 Å². The molecule has 0 spiro atoms. The molecule has 0 bridgehead atoms. The molecule has 6 nitrogen and oxygen atoms in total. The summed E-state index contributed by atoms with van der Waals surface area (Å²) in [6.07, 6.45) is 6.02. The number of carbonyl (C=O) groups excluding carboxylic acids is 1. The first-order chi connectivity index (χ1) is 16.3. The lowest BCUT2D eigenvalue weighted by molar-refractivity contribution is 0.0227. The molecule has 0 saturated carbocycles. The number of hydrogen-bond acceptors (Lipinski definition) is 4. The van der Waals surface area contributed by atoms with Crippen molar-refractivity contribution in [3.63, 3.8) is 0 Å². The molecular weight excluding hydrogens is 472 g/mol. The van der Waals surface area contributed by atoms with Crippen LogP contribution in [0.4, 0.5) is 0 Å². The largest absolute Gasteiger partial charge is 0.487 e. The first-order valence-electron chi connectivity index (χ1n) is 12.2. The summed E-state index contributed by atoms with van der Waals surface area (Å²) in [5.74, 6) is 0.382. The number of halogens is 1. The molecule has 1 N–H and O–H groups in total. The monoisotopic (exact) mass is 504 g/mol. The topological polar surface area (TPSA) is 75.7 Å². The van der Waals surface area contributed by atoms with Crippen LogP contribution in [0.15, 0.2) is 47.4 Å². The first-order valence-corrected chi connectivity index (χ1v) is 14.0. The number of fused-ring (bicyclic) bond motifs is 1. The van der Waals surface area contributed by atoms with E-state index in [0.29, 0.717) is 19.5 Å². The fourth-order valence-electron chi connectivity index (χ4n) is 4.94. The molecule has 1 fully saturated rings. The quantitative estimate of drug-likeness (QED) is 0.546. The van der Waals surface area contributed by atoms with Gasteiger partial charge in [-0.15, -0.1) is 0 Å². The van der Waals surface area contributed by atoms with Crippen LogP contribution in [0.3, 0.4) is 0 Å². The Morgan fingerprint density at radius 3 is 2.44 bits per heavy atom. The van der Waals surface area contributed by atoms with Gasteiger partial charge in [-0.05, 0) is 49.9 Å². The Labute approximate surface area is 207 Å². The number of nitrogens with zero attached hydrogens (tertiary/aromatic N) is 1. The summed E-state index contributed by atoms with van der Waals surface area (Å²) < 4.78 is 34.4. The lowest BCUT2D eigenvalue weighted by Gasteiger charge is -2.41. The van der Waals surface area contributed by atoms with Gasteiger partial charge in [-0.1, -0.05) is 56.5 Å². The van der Waals surface area contributed by atoms with Crippen LogP contribution >= 0.6 is 11.6 Å². The Balaban J connectivity index is 1.62. The van der Waals surface area contributed by atoms with E-state index in [1.54, 1.807) is 0 Å². The average molecular weight is 505 g/mol. The van der Waals surface area contributed by atoms with E-state index in [4.69, 9.17) is 16.3 Å². The maximum atomic E-state index is 13.4. The third-order valence-electron chi connectivity index (χ3n) is 7.18. The second kappa shape index (κ2) is 10.3. The minimum absolute atomic E-state index is 0.104. The Morgan fingerprint density at radius 2 is 1.76 bits per heavy atom. The van der Waals surface area contributed by atoms with Crippen LogP contribution in [-0.4, -0.2) is 37.3 Å². The van der Waals surface area contributed by atoms with E-state index in [1.807, 2.05) is 24.3 Å². The Kier molecular flexibility index (Phi) is 7.55. The van der Waals surface area contributed by atoms with Crippen LogP contribution in [0.1, 0.15) is 80.8 Å². The van der Waals surface area contributed by atoms with E-state index in [0.717, 1.165) is 49.8 Å². The number of amides is 1. The molecule has 2 aliphatic rings. The maximum Gasteiger partial charge on any atom is 0.253 e. The van der Waals surface area contributed by atoms with E-state index in [1.165, 1.54) is 22.5 Å². The van der Waals surface area contributed by atoms with Crippen LogP contribution in [0.5, 0.6) is 5.75 Å². The van der Waals surface area contributed by atoms with Crippen LogP contribution in [0.25, 0.3) is 0 Å². The van der Waals surface area contributed by atoms with E-state index in [9.17, 15) is 13.2 Å². The zero-order valence-electron chi connectivity index (χ0n) is 19.8. The van der Waals surface area contributed by atoms with E-state index < -0.39 is 10.0 Å². The fraction of sp³-hybridized carbons (Fsp3) is 0.500. The van der Waals surface area contributed by atoms with Crippen molar-refractivity contribution < 1.29 is 17.9 Å². The molecule has 1 unspecified atom stereocenters. The second-order valence-corrected chi connectivity index (χ2v) is 11.6. The molecule has 2 aromatic carbocycles. The summed E-state index contributed by atoms with van der Waals surface area (Å²) in [6.45, 7) is 5.18. The molecule has 2 aliphatic heterocycles. The molecule has 1 atom stereocenters. The number of benzene rings is 2. The van der Waals surface area contributed by atoms with E-state index in [2.05, 4.69) is 19.2 Å². The number of carbonyl (C=O) groups is 1. The molecule has 4 rings (SSSR count). The zero-order chi connectivity index (χ0) is 24.3. The third-order valence-corrected chi connectivity index (χ3v) is 9.40. The summed E-state index contributed by atoms with van der Waals surface area (Å²) in [4.78, 5) is 13.5. The highest BCUT2D eigenvalue weighted by Gasteiger charge is 2.39. The molecule has 2 aromatic rings. The van der Waals surface area contributed by atoms with Gasteiger partial charge in [-0.2, -0.15) is 4.31 Å². The van der Waals surface area contributed by atoms with Gasteiger partial charge in [0.1, 0.15) is 11.4 Å². The van der Waals surface area contributed by atoms with E-state index in [-0.39, 0.29) is 33.0 Å². The fourth-order valence-corrected chi connectivity index (χ4v) is 6.68. The summed E-state index contributed by atoms with van der Waals surface area (Å²) in [5.41, 5.74) is 0.714. The normalized spacial score (nSPS) is 20.6. The van der Waals surface area contributed by atoms with Gasteiger partial charge in [0.15, 0.2) is 0 Å². The Morgan fingerprint density at radius 1 is 1.09 bits per heavy atom.